The summed E-state index contributed by atoms with van der Waals surface area (Å²) in [5, 5.41) is 8.59. The molecule has 1 amide bonds. The van der Waals surface area contributed by atoms with Crippen LogP contribution >= 0.6 is 0 Å². The van der Waals surface area contributed by atoms with Crippen LogP contribution in [0, 0.1) is 0 Å². The predicted octanol–water partition coefficient (Wildman–Crippen LogP) is 5.07. The first-order valence-corrected chi connectivity index (χ1v) is 9.52. The summed E-state index contributed by atoms with van der Waals surface area (Å²) in [6.45, 7) is 10.1. The standard InChI is InChI=1S/C18H16N4O.2C2H6/c1-12(23)22-11-13-7-3-4-8-14(13)17-18(21(2)20-19-17)15-9-5-6-10-16(15)22;2*1-2/h3-10H,11H2,1-2H3;2*1-2H3. The number of fused-ring (bicyclic) bond motifs is 5. The quantitative estimate of drug-likeness (QED) is 0.560. The number of nitrogens with zero attached hydrogens (tertiary/aromatic N) is 4. The molecule has 1 aliphatic heterocycles. The number of anilines is 1. The zero-order valence-corrected chi connectivity index (χ0v) is 17.0. The first-order chi connectivity index (χ1) is 13.2. The van der Waals surface area contributed by atoms with Crippen LogP contribution in [0.1, 0.15) is 40.2 Å². The summed E-state index contributed by atoms with van der Waals surface area (Å²) < 4.78 is 1.77. The Morgan fingerprint density at radius 3 is 2.19 bits per heavy atom. The van der Waals surface area contributed by atoms with E-state index in [9.17, 15) is 4.79 Å². The van der Waals surface area contributed by atoms with Crippen molar-refractivity contribution in [1.82, 2.24) is 15.0 Å². The Kier molecular flexibility index (Phi) is 6.88. The molecule has 0 radical (unpaired) electrons. The lowest BCUT2D eigenvalue weighted by molar-refractivity contribution is -0.116. The van der Waals surface area contributed by atoms with Crippen molar-refractivity contribution in [3.05, 3.63) is 54.1 Å². The van der Waals surface area contributed by atoms with Crippen molar-refractivity contribution < 1.29 is 4.79 Å². The van der Waals surface area contributed by atoms with Gasteiger partial charge in [0.2, 0.25) is 5.91 Å². The summed E-state index contributed by atoms with van der Waals surface area (Å²) in [7, 11) is 1.88. The predicted molar refractivity (Wildman–Crippen MR) is 111 cm³/mol. The fraction of sp³-hybridized carbons (Fsp3) is 0.318. The summed E-state index contributed by atoms with van der Waals surface area (Å²) in [6.07, 6.45) is 0. The normalized spacial score (nSPS) is 11.3. The molecule has 5 nitrogen and oxygen atoms in total. The molecule has 0 fully saturated rings. The van der Waals surface area contributed by atoms with E-state index >= 15 is 0 Å². The van der Waals surface area contributed by atoms with Crippen LogP contribution in [0.25, 0.3) is 22.5 Å². The number of benzene rings is 2. The fourth-order valence-corrected chi connectivity index (χ4v) is 3.18. The number of carbonyl (C=O) groups excluding carboxylic acids is 1. The van der Waals surface area contributed by atoms with Crippen molar-refractivity contribution in [3.8, 4) is 22.5 Å². The third kappa shape index (κ3) is 3.77. The largest absolute Gasteiger partial charge is 0.308 e. The molecule has 0 saturated carbocycles. The van der Waals surface area contributed by atoms with Crippen LogP contribution in [0.5, 0.6) is 0 Å². The van der Waals surface area contributed by atoms with E-state index in [0.717, 1.165) is 33.8 Å². The smallest absolute Gasteiger partial charge is 0.224 e. The number of aryl methyl sites for hydroxylation is 1. The molecule has 0 atom stereocenters. The molecule has 1 aliphatic rings. The number of rotatable bonds is 0. The minimum absolute atomic E-state index is 0.0193. The third-order valence-corrected chi connectivity index (χ3v) is 4.26. The molecule has 4 rings (SSSR count). The van der Waals surface area contributed by atoms with E-state index in [0.29, 0.717) is 6.54 Å². The molecular weight excluding hydrogens is 336 g/mol. The lowest BCUT2D eigenvalue weighted by Crippen LogP contribution is -2.29. The third-order valence-electron chi connectivity index (χ3n) is 4.26. The van der Waals surface area contributed by atoms with Crippen LogP contribution < -0.4 is 4.90 Å². The zero-order chi connectivity index (χ0) is 20.0. The topological polar surface area (TPSA) is 51.0 Å². The van der Waals surface area contributed by atoms with Gasteiger partial charge < -0.3 is 4.90 Å². The van der Waals surface area contributed by atoms with Gasteiger partial charge in [-0.1, -0.05) is 75.4 Å². The number of hydrogen-bond acceptors (Lipinski definition) is 3. The molecule has 0 unspecified atom stereocenters. The summed E-state index contributed by atoms with van der Waals surface area (Å²) in [6, 6.07) is 16.0. The Hall–Kier alpha value is -2.95. The average molecular weight is 364 g/mol. The van der Waals surface area contributed by atoms with Crippen LogP contribution in [0.15, 0.2) is 48.5 Å². The molecule has 2 aromatic carbocycles. The van der Waals surface area contributed by atoms with E-state index in [1.807, 2.05) is 88.2 Å². The minimum atomic E-state index is 0.0193. The van der Waals surface area contributed by atoms with Gasteiger partial charge >= 0.3 is 0 Å². The number of para-hydroxylation sites is 1. The fourth-order valence-electron chi connectivity index (χ4n) is 3.18. The van der Waals surface area contributed by atoms with Crippen LogP contribution in [-0.2, 0) is 18.4 Å². The molecule has 0 N–H and O–H groups in total. The van der Waals surface area contributed by atoms with Crippen molar-refractivity contribution in [3.63, 3.8) is 0 Å². The summed E-state index contributed by atoms with van der Waals surface area (Å²) in [5.74, 6) is 0.0193. The highest BCUT2D eigenvalue weighted by Gasteiger charge is 2.26. The van der Waals surface area contributed by atoms with Gasteiger partial charge in [-0.3, -0.25) is 4.79 Å². The molecular formula is C22H28N4O. The van der Waals surface area contributed by atoms with Gasteiger partial charge in [0.05, 0.1) is 17.9 Å². The van der Waals surface area contributed by atoms with Crippen LogP contribution in [0.2, 0.25) is 0 Å². The van der Waals surface area contributed by atoms with Crippen molar-refractivity contribution in [2.75, 3.05) is 4.90 Å². The first-order valence-electron chi connectivity index (χ1n) is 9.52. The van der Waals surface area contributed by atoms with Gasteiger partial charge in [-0.05, 0) is 11.6 Å². The van der Waals surface area contributed by atoms with Gasteiger partial charge in [-0.2, -0.15) is 0 Å². The Labute approximate surface area is 161 Å². The van der Waals surface area contributed by atoms with Crippen LogP contribution in [0.3, 0.4) is 0 Å². The Morgan fingerprint density at radius 2 is 1.52 bits per heavy atom. The maximum Gasteiger partial charge on any atom is 0.224 e. The second-order valence-corrected chi connectivity index (χ2v) is 5.69. The van der Waals surface area contributed by atoms with E-state index < -0.39 is 0 Å². The number of carbonyl (C=O) groups is 1. The molecule has 142 valence electrons. The van der Waals surface area contributed by atoms with Gasteiger partial charge in [0.1, 0.15) is 5.69 Å². The van der Waals surface area contributed by atoms with Crippen LogP contribution in [0.4, 0.5) is 5.69 Å². The minimum Gasteiger partial charge on any atom is -0.308 e. The van der Waals surface area contributed by atoms with Gasteiger partial charge in [0.15, 0.2) is 0 Å². The maximum atomic E-state index is 12.3. The lowest BCUT2D eigenvalue weighted by atomic mass is 9.96. The van der Waals surface area contributed by atoms with Gasteiger partial charge in [0.25, 0.3) is 0 Å². The van der Waals surface area contributed by atoms with E-state index in [-0.39, 0.29) is 5.91 Å². The molecule has 0 aliphatic carbocycles. The zero-order valence-electron chi connectivity index (χ0n) is 17.0. The van der Waals surface area contributed by atoms with Gasteiger partial charge in [-0.25, -0.2) is 4.68 Å². The molecule has 2 heterocycles. The molecule has 27 heavy (non-hydrogen) atoms. The van der Waals surface area contributed by atoms with E-state index in [4.69, 9.17) is 0 Å². The second-order valence-electron chi connectivity index (χ2n) is 5.69. The van der Waals surface area contributed by atoms with Crippen LogP contribution in [-0.4, -0.2) is 20.9 Å². The second kappa shape index (κ2) is 9.12. The Morgan fingerprint density at radius 1 is 0.926 bits per heavy atom. The summed E-state index contributed by atoms with van der Waals surface area (Å²) >= 11 is 0. The Balaban J connectivity index is 0.000000614. The Bertz CT molecular complexity index is 914. The van der Waals surface area contributed by atoms with Gasteiger partial charge in [0, 0.05) is 25.1 Å². The van der Waals surface area contributed by atoms with Crippen molar-refractivity contribution in [1.29, 1.82) is 0 Å². The molecule has 0 spiro atoms. The molecule has 1 aromatic heterocycles. The summed E-state index contributed by atoms with van der Waals surface area (Å²) in [4.78, 5) is 14.1. The summed E-state index contributed by atoms with van der Waals surface area (Å²) in [5.41, 5.74) is 5.74. The van der Waals surface area contributed by atoms with E-state index in [1.165, 1.54) is 0 Å². The number of amides is 1. The molecule has 0 saturated heterocycles. The van der Waals surface area contributed by atoms with Gasteiger partial charge in [-0.15, -0.1) is 5.10 Å². The molecule has 3 aromatic rings. The maximum absolute atomic E-state index is 12.3. The average Bonchev–Trinajstić information content (AvgIpc) is 3.08. The lowest BCUT2D eigenvalue weighted by Gasteiger charge is -2.27. The van der Waals surface area contributed by atoms with E-state index in [1.54, 1.807) is 11.6 Å². The number of aromatic nitrogens is 3. The molecule has 0 bridgehead atoms. The SMILES string of the molecule is CC.CC.CC(=O)N1Cc2ccccc2-c2nnn(C)c2-c2ccccc21. The van der Waals surface area contributed by atoms with E-state index in [2.05, 4.69) is 10.3 Å². The highest BCUT2D eigenvalue weighted by Crippen LogP contribution is 2.40. The van der Waals surface area contributed by atoms with Crippen molar-refractivity contribution in [2.45, 2.75) is 41.2 Å². The molecule has 5 heteroatoms. The first kappa shape index (κ1) is 20.4. The highest BCUT2D eigenvalue weighted by molar-refractivity contribution is 5.99. The van der Waals surface area contributed by atoms with Crippen molar-refractivity contribution >= 4 is 11.6 Å². The highest BCUT2D eigenvalue weighted by atomic mass is 16.2. The number of hydrogen-bond donors (Lipinski definition) is 0. The monoisotopic (exact) mass is 364 g/mol. The van der Waals surface area contributed by atoms with Crippen molar-refractivity contribution in [2.24, 2.45) is 7.05 Å².